The second kappa shape index (κ2) is 6.51. The lowest BCUT2D eigenvalue weighted by Gasteiger charge is -2.20. The fraction of sp³-hybridized carbons (Fsp3) is 0.333. The summed E-state index contributed by atoms with van der Waals surface area (Å²) in [5.74, 6) is 0.225. The normalized spacial score (nSPS) is 16.4. The van der Waals surface area contributed by atoms with E-state index < -0.39 is 6.09 Å². The van der Waals surface area contributed by atoms with E-state index in [2.05, 4.69) is 4.98 Å². The molecule has 0 saturated carbocycles. The van der Waals surface area contributed by atoms with Crippen LogP contribution >= 0.6 is 0 Å². The second-order valence-corrected chi connectivity index (χ2v) is 5.84. The number of benzene rings is 1. The lowest BCUT2D eigenvalue weighted by molar-refractivity contribution is 0.0997. The van der Waals surface area contributed by atoms with Crippen molar-refractivity contribution in [3.05, 3.63) is 40.8 Å². The van der Waals surface area contributed by atoms with Crippen LogP contribution in [0.1, 0.15) is 29.9 Å². The Morgan fingerprint density at radius 1 is 1.36 bits per heavy atom. The van der Waals surface area contributed by atoms with Crippen molar-refractivity contribution in [1.82, 2.24) is 9.88 Å². The predicted octanol–water partition coefficient (Wildman–Crippen LogP) is 3.16. The Morgan fingerprint density at radius 2 is 2.12 bits per heavy atom. The summed E-state index contributed by atoms with van der Waals surface area (Å²) in [5.41, 5.74) is 1.99. The van der Waals surface area contributed by atoms with Crippen LogP contribution in [0, 0.1) is 0 Å². The van der Waals surface area contributed by atoms with Crippen LogP contribution in [-0.4, -0.2) is 47.1 Å². The number of H-pyrrole nitrogens is 1. The van der Waals surface area contributed by atoms with E-state index in [-0.39, 0.29) is 36.8 Å². The molecule has 0 unspecified atom stereocenters. The maximum absolute atomic E-state index is 12.9. The van der Waals surface area contributed by atoms with E-state index in [1.807, 2.05) is 12.1 Å². The SMILES string of the molecule is CCOC(=O)N1C/C(=C(\C)O)C(=O)c2[nH]c3ccc(OC)cc3c2C1. The van der Waals surface area contributed by atoms with Gasteiger partial charge in [-0.25, -0.2) is 4.79 Å². The fourth-order valence-electron chi connectivity index (χ4n) is 2.99. The van der Waals surface area contributed by atoms with Gasteiger partial charge in [0.15, 0.2) is 0 Å². The van der Waals surface area contributed by atoms with Gasteiger partial charge >= 0.3 is 6.09 Å². The van der Waals surface area contributed by atoms with E-state index in [0.29, 0.717) is 17.0 Å². The summed E-state index contributed by atoms with van der Waals surface area (Å²) in [7, 11) is 1.57. The van der Waals surface area contributed by atoms with Crippen LogP contribution in [0.3, 0.4) is 0 Å². The number of amides is 1. The number of hydrogen-bond donors (Lipinski definition) is 2. The first-order chi connectivity index (χ1) is 12.0. The van der Waals surface area contributed by atoms with Gasteiger partial charge in [-0.2, -0.15) is 0 Å². The highest BCUT2D eigenvalue weighted by Gasteiger charge is 2.32. The number of allylic oxidation sites excluding steroid dienone is 1. The summed E-state index contributed by atoms with van der Waals surface area (Å²) >= 11 is 0. The second-order valence-electron chi connectivity index (χ2n) is 5.84. The zero-order valence-corrected chi connectivity index (χ0v) is 14.4. The number of ketones is 1. The number of carbonyl (C=O) groups is 2. The summed E-state index contributed by atoms with van der Waals surface area (Å²) < 4.78 is 10.3. The average Bonchev–Trinajstić information content (AvgIpc) is 2.87. The van der Waals surface area contributed by atoms with Gasteiger partial charge in [-0.3, -0.25) is 9.69 Å². The third-order valence-corrected chi connectivity index (χ3v) is 4.28. The fourth-order valence-corrected chi connectivity index (χ4v) is 2.99. The lowest BCUT2D eigenvalue weighted by Crippen LogP contribution is -2.32. The van der Waals surface area contributed by atoms with Gasteiger partial charge < -0.3 is 19.6 Å². The van der Waals surface area contributed by atoms with Crippen LogP contribution in [0.5, 0.6) is 5.75 Å². The molecule has 0 spiro atoms. The molecule has 0 saturated heterocycles. The largest absolute Gasteiger partial charge is 0.512 e. The van der Waals surface area contributed by atoms with Crippen LogP contribution in [0.2, 0.25) is 0 Å². The molecule has 0 atom stereocenters. The van der Waals surface area contributed by atoms with Crippen molar-refractivity contribution >= 4 is 22.8 Å². The molecule has 2 heterocycles. The minimum atomic E-state index is -0.529. The molecule has 2 aromatic rings. The van der Waals surface area contributed by atoms with Crippen molar-refractivity contribution in [2.24, 2.45) is 0 Å². The summed E-state index contributed by atoms with van der Waals surface area (Å²) in [4.78, 5) is 29.7. The molecule has 0 fully saturated rings. The molecule has 0 radical (unpaired) electrons. The molecule has 0 bridgehead atoms. The average molecular weight is 344 g/mol. The highest BCUT2D eigenvalue weighted by Crippen LogP contribution is 2.32. The van der Waals surface area contributed by atoms with E-state index in [9.17, 15) is 14.7 Å². The quantitative estimate of drug-likeness (QED) is 0.645. The molecule has 2 N–H and O–H groups in total. The topological polar surface area (TPSA) is 91.9 Å². The first kappa shape index (κ1) is 16.9. The van der Waals surface area contributed by atoms with Crippen LogP contribution < -0.4 is 4.74 Å². The van der Waals surface area contributed by atoms with Gasteiger partial charge in [-0.05, 0) is 32.0 Å². The third-order valence-electron chi connectivity index (χ3n) is 4.28. The van der Waals surface area contributed by atoms with Crippen molar-refractivity contribution in [1.29, 1.82) is 0 Å². The predicted molar refractivity (Wildman–Crippen MR) is 91.9 cm³/mol. The first-order valence-corrected chi connectivity index (χ1v) is 8.00. The first-order valence-electron chi connectivity index (χ1n) is 8.00. The minimum Gasteiger partial charge on any atom is -0.512 e. The molecule has 0 aliphatic carbocycles. The van der Waals surface area contributed by atoms with Crippen molar-refractivity contribution in [3.8, 4) is 5.75 Å². The van der Waals surface area contributed by atoms with Crippen molar-refractivity contribution in [2.75, 3.05) is 20.3 Å². The lowest BCUT2D eigenvalue weighted by atomic mass is 10.0. The van der Waals surface area contributed by atoms with Gasteiger partial charge in [-0.15, -0.1) is 0 Å². The maximum Gasteiger partial charge on any atom is 0.410 e. The molecule has 3 rings (SSSR count). The number of aliphatic hydroxyl groups excluding tert-OH is 1. The number of aromatic nitrogens is 1. The van der Waals surface area contributed by atoms with Crippen molar-refractivity contribution < 1.29 is 24.2 Å². The Balaban J connectivity index is 2.19. The number of aromatic amines is 1. The van der Waals surface area contributed by atoms with E-state index in [4.69, 9.17) is 9.47 Å². The third kappa shape index (κ3) is 2.93. The Labute approximate surface area is 144 Å². The zero-order chi connectivity index (χ0) is 18.1. The van der Waals surface area contributed by atoms with Gasteiger partial charge in [0.25, 0.3) is 0 Å². The molecule has 1 aliphatic heterocycles. The Morgan fingerprint density at radius 3 is 2.76 bits per heavy atom. The summed E-state index contributed by atoms with van der Waals surface area (Å²) in [5, 5.41) is 10.7. The highest BCUT2D eigenvalue weighted by molar-refractivity contribution is 6.12. The number of nitrogens with zero attached hydrogens (tertiary/aromatic N) is 1. The molecule has 1 aromatic heterocycles. The van der Waals surface area contributed by atoms with Crippen LogP contribution in [0.25, 0.3) is 10.9 Å². The van der Waals surface area contributed by atoms with Gasteiger partial charge in [-0.1, -0.05) is 0 Å². The Bertz CT molecular complexity index is 877. The van der Waals surface area contributed by atoms with Gasteiger partial charge in [0.05, 0.1) is 43.8 Å². The monoisotopic (exact) mass is 344 g/mol. The van der Waals surface area contributed by atoms with Gasteiger partial charge in [0.1, 0.15) is 5.75 Å². The number of nitrogens with one attached hydrogen (secondary N) is 1. The highest BCUT2D eigenvalue weighted by atomic mass is 16.6. The molecular formula is C18H20N2O5. The number of Topliss-reactive ketones (excluding diaryl/α,β-unsaturated/α-hetero) is 1. The number of hydrogen-bond acceptors (Lipinski definition) is 5. The molecule has 7 nitrogen and oxygen atoms in total. The molecule has 7 heteroatoms. The maximum atomic E-state index is 12.9. The summed E-state index contributed by atoms with van der Waals surface area (Å²) in [6.45, 7) is 3.58. The number of rotatable bonds is 2. The Kier molecular flexibility index (Phi) is 4.39. The smallest absolute Gasteiger partial charge is 0.410 e. The van der Waals surface area contributed by atoms with E-state index in [0.717, 1.165) is 10.9 Å². The minimum absolute atomic E-state index is 0.00597. The van der Waals surface area contributed by atoms with Crippen LogP contribution in [-0.2, 0) is 11.3 Å². The van der Waals surface area contributed by atoms with Crippen molar-refractivity contribution in [3.63, 3.8) is 0 Å². The van der Waals surface area contributed by atoms with Gasteiger partial charge in [0, 0.05) is 16.5 Å². The van der Waals surface area contributed by atoms with E-state index >= 15 is 0 Å². The summed E-state index contributed by atoms with van der Waals surface area (Å²) in [6, 6.07) is 5.43. The number of ether oxygens (including phenoxy) is 2. The van der Waals surface area contributed by atoms with E-state index in [1.165, 1.54) is 11.8 Å². The molecule has 1 aliphatic rings. The molecule has 132 valence electrons. The number of carbonyl (C=O) groups excluding carboxylic acids is 2. The summed E-state index contributed by atoms with van der Waals surface area (Å²) in [6.07, 6.45) is -0.529. The number of fused-ring (bicyclic) bond motifs is 3. The Hall–Kier alpha value is -2.96. The number of methoxy groups -OCH3 is 1. The van der Waals surface area contributed by atoms with E-state index in [1.54, 1.807) is 20.1 Å². The molecule has 1 amide bonds. The zero-order valence-electron chi connectivity index (χ0n) is 14.4. The van der Waals surface area contributed by atoms with Gasteiger partial charge in [0.2, 0.25) is 5.78 Å². The standard InChI is InChI=1S/C18H20N2O5/c1-4-25-18(23)20-8-13(10(2)21)17(22)16-14(9-20)12-7-11(24-3)5-6-15(12)19-16/h5-7,19,21H,4,8-9H2,1-3H3/b13-10-. The van der Waals surface area contributed by atoms with Crippen LogP contribution in [0.15, 0.2) is 29.5 Å². The molecule has 25 heavy (non-hydrogen) atoms. The molecular weight excluding hydrogens is 324 g/mol. The number of aliphatic hydroxyl groups is 1. The molecule has 1 aromatic carbocycles. The van der Waals surface area contributed by atoms with Crippen molar-refractivity contribution in [2.45, 2.75) is 20.4 Å². The van der Waals surface area contributed by atoms with Crippen LogP contribution in [0.4, 0.5) is 4.79 Å².